The van der Waals surface area contributed by atoms with Gasteiger partial charge in [0.05, 0.1) is 22.7 Å². The molecule has 0 spiro atoms. The molecular weight excluding hydrogens is 810 g/mol. The number of anilines is 6. The number of benzene rings is 6. The van der Waals surface area contributed by atoms with Gasteiger partial charge in [-0.2, -0.15) is 0 Å². The Balaban J connectivity index is 0.000000175. The molecule has 0 fully saturated rings. The quantitative estimate of drug-likeness (QED) is 0.155. The molecule has 8 rings (SSSR count). The van der Waals surface area contributed by atoms with Crippen molar-refractivity contribution in [2.24, 2.45) is 0 Å². The van der Waals surface area contributed by atoms with E-state index in [0.717, 1.165) is 24.5 Å². The van der Waals surface area contributed by atoms with E-state index in [-0.39, 0.29) is 15.9 Å². The molecule has 6 aromatic rings. The van der Waals surface area contributed by atoms with Crippen LogP contribution >= 0.6 is 19.1 Å². The van der Waals surface area contributed by atoms with Crippen molar-refractivity contribution in [1.82, 2.24) is 0 Å². The van der Waals surface area contributed by atoms with Crippen molar-refractivity contribution in [2.45, 2.75) is 68.5 Å². The van der Waals surface area contributed by atoms with Gasteiger partial charge in [-0.3, -0.25) is 0 Å². The summed E-state index contributed by atoms with van der Waals surface area (Å²) in [5.41, 5.74) is 20.8. The number of fused-ring (bicyclic) bond motifs is 2. The van der Waals surface area contributed by atoms with Crippen LogP contribution in [0.1, 0.15) is 55.6 Å². The van der Waals surface area contributed by atoms with E-state index in [2.05, 4.69) is 198 Å². The normalized spacial score (nSPS) is 12.9. The van der Waals surface area contributed by atoms with E-state index in [0.29, 0.717) is 0 Å². The van der Waals surface area contributed by atoms with Crippen LogP contribution in [-0.4, -0.2) is 0 Å². The van der Waals surface area contributed by atoms with Gasteiger partial charge in [0, 0.05) is 24.5 Å². The molecule has 0 amide bonds. The second kappa shape index (κ2) is 18.1. The average molecular weight is 858 g/mol. The summed E-state index contributed by atoms with van der Waals surface area (Å²) in [6.45, 7) is 26.6. The van der Waals surface area contributed by atoms with Crippen LogP contribution in [0.2, 0.25) is 0 Å². The molecule has 0 saturated carbocycles. The van der Waals surface area contributed by atoms with Crippen LogP contribution in [0.5, 0.6) is 0 Å². The van der Waals surface area contributed by atoms with Crippen molar-refractivity contribution >= 4 is 53.2 Å². The Bertz CT molecular complexity index is 2030. The van der Waals surface area contributed by atoms with Crippen LogP contribution in [-0.2, 0) is 29.0 Å². The van der Waals surface area contributed by atoms with Gasteiger partial charge in [-0.15, -0.1) is 0 Å². The number of para-hydroxylation sites is 6. The van der Waals surface area contributed by atoms with Crippen molar-refractivity contribution in [3.63, 3.8) is 0 Å². The molecule has 2 heterocycles. The molecule has 6 aromatic carbocycles. The Kier molecular flexibility index (Phi) is 13.3. The molecule has 0 bridgehead atoms. The number of rotatable bonds is 6. The zero-order chi connectivity index (χ0) is 39.2. The number of halogens is 2. The van der Waals surface area contributed by atoms with Crippen molar-refractivity contribution in [3.8, 4) is 0 Å². The third kappa shape index (κ3) is 8.77. The van der Waals surface area contributed by atoms with Crippen LogP contribution < -0.4 is 19.6 Å². The van der Waals surface area contributed by atoms with E-state index in [4.69, 9.17) is 19.1 Å². The van der Waals surface area contributed by atoms with Crippen LogP contribution in [0.4, 0.5) is 34.1 Å². The van der Waals surface area contributed by atoms with Gasteiger partial charge in [-0.25, -0.2) is 0 Å². The third-order valence-electron chi connectivity index (χ3n) is 11.0. The number of hydrogen-bond donors (Lipinski definition) is 0. The first-order chi connectivity index (χ1) is 26.5. The van der Waals surface area contributed by atoms with Crippen LogP contribution in [0.25, 0.3) is 0 Å². The molecule has 0 atom stereocenters. The maximum absolute atomic E-state index is 4.81. The number of nitrogens with zero attached hydrogens (tertiary/aromatic N) is 4. The van der Waals surface area contributed by atoms with E-state index in [1.165, 1.54) is 78.4 Å². The molecular formula is C48H48Cl2N4Pd. The van der Waals surface area contributed by atoms with E-state index >= 15 is 0 Å². The van der Waals surface area contributed by atoms with Gasteiger partial charge in [-0.1, -0.05) is 72.8 Å². The number of aryl methyl sites for hydroxylation is 4. The minimum atomic E-state index is -0.106. The zero-order valence-electron chi connectivity index (χ0n) is 32.8. The molecule has 0 aliphatic carbocycles. The Morgan fingerprint density at radius 1 is 0.418 bits per heavy atom. The molecule has 0 saturated heterocycles. The van der Waals surface area contributed by atoms with E-state index in [1.54, 1.807) is 0 Å². The summed E-state index contributed by atoms with van der Waals surface area (Å²) in [7, 11) is 9.63. The molecule has 0 unspecified atom stereocenters. The van der Waals surface area contributed by atoms with Gasteiger partial charge in [-0.05, 0) is 160 Å². The van der Waals surface area contributed by atoms with Gasteiger partial charge in [0.15, 0.2) is 0 Å². The first-order valence-electron chi connectivity index (χ1n) is 18.4. The molecule has 2 aliphatic heterocycles. The van der Waals surface area contributed by atoms with Gasteiger partial charge >= 0.3 is 35.0 Å². The summed E-state index contributed by atoms with van der Waals surface area (Å²) in [5.74, 6) is 0. The molecule has 4 radical (unpaired) electrons. The monoisotopic (exact) mass is 856 g/mol. The fraction of sp³-hybridized carbons (Fsp3) is 0.208. The van der Waals surface area contributed by atoms with E-state index in [9.17, 15) is 0 Å². The maximum atomic E-state index is 4.81. The summed E-state index contributed by atoms with van der Waals surface area (Å²) < 4.78 is 0. The summed E-state index contributed by atoms with van der Waals surface area (Å²) in [6, 6.07) is 42.5. The van der Waals surface area contributed by atoms with Crippen LogP contribution in [0.15, 0.2) is 121 Å². The minimum absolute atomic E-state index is 0.106. The Morgan fingerprint density at radius 2 is 0.691 bits per heavy atom. The molecule has 0 N–H and O–H groups in total. The molecule has 284 valence electrons. The van der Waals surface area contributed by atoms with Gasteiger partial charge < -0.3 is 19.6 Å². The van der Waals surface area contributed by atoms with E-state index in [1.807, 2.05) is 12.1 Å². The third-order valence-corrected chi connectivity index (χ3v) is 11.0. The first kappa shape index (κ1) is 40.4. The van der Waals surface area contributed by atoms with Crippen molar-refractivity contribution in [2.75, 3.05) is 19.6 Å². The fourth-order valence-corrected chi connectivity index (χ4v) is 7.40. The van der Waals surface area contributed by atoms with Crippen LogP contribution in [0.3, 0.4) is 0 Å². The SMILES string of the molecule is Cc1cc(C)c(C)c(CN2[C]N(c3ccccc3)c3ccccc32)c1C.Cc1cc(C)c(C)c(CN2[C]N(c3ccccc3)c3ccccc32)c1C.[Cl][Pd][Cl]. The molecule has 4 nitrogen and oxygen atoms in total. The van der Waals surface area contributed by atoms with Gasteiger partial charge in [0.2, 0.25) is 13.3 Å². The van der Waals surface area contributed by atoms with Crippen molar-refractivity contribution in [3.05, 3.63) is 190 Å². The summed E-state index contributed by atoms with van der Waals surface area (Å²) >= 11 is -0.106. The standard InChI is InChI=1S/2C24H24N2.2ClH.Pd/c2*1-17-14-18(2)20(4)22(19(17)3)15-25-16-26(21-10-6-5-7-11-21)24-13-9-8-12-23(24)25;;;/h2*5-14H,15H2,1-4H3;2*1H;/q;;;;+2/p-2. The van der Waals surface area contributed by atoms with Crippen LogP contribution in [0, 0.1) is 68.7 Å². The zero-order valence-corrected chi connectivity index (χ0v) is 35.9. The fourth-order valence-electron chi connectivity index (χ4n) is 7.40. The summed E-state index contributed by atoms with van der Waals surface area (Å²) in [4.78, 5) is 8.80. The Morgan fingerprint density at radius 3 is 1.00 bits per heavy atom. The Labute approximate surface area is 345 Å². The second-order valence-corrected chi connectivity index (χ2v) is 16.6. The molecule has 7 heteroatoms. The van der Waals surface area contributed by atoms with Crippen molar-refractivity contribution in [1.29, 1.82) is 0 Å². The molecule has 55 heavy (non-hydrogen) atoms. The molecule has 2 aliphatic rings. The van der Waals surface area contributed by atoms with Gasteiger partial charge in [0.1, 0.15) is 0 Å². The predicted molar refractivity (Wildman–Crippen MR) is 231 cm³/mol. The summed E-state index contributed by atoms with van der Waals surface area (Å²) in [6.07, 6.45) is 0. The average Bonchev–Trinajstić information content (AvgIpc) is 3.76. The predicted octanol–water partition coefficient (Wildman–Crippen LogP) is 13.5. The topological polar surface area (TPSA) is 13.0 Å². The van der Waals surface area contributed by atoms with Gasteiger partial charge in [0.25, 0.3) is 0 Å². The Hall–Kier alpha value is -4.24. The number of hydrogen-bond acceptors (Lipinski definition) is 4. The van der Waals surface area contributed by atoms with E-state index < -0.39 is 0 Å². The second-order valence-electron chi connectivity index (χ2n) is 14.2. The molecule has 0 aromatic heterocycles. The van der Waals surface area contributed by atoms with Crippen molar-refractivity contribution < 1.29 is 15.9 Å². The first-order valence-corrected chi connectivity index (χ1v) is 22.4. The summed E-state index contributed by atoms with van der Waals surface area (Å²) in [5, 5.41) is 0.